The summed E-state index contributed by atoms with van der Waals surface area (Å²) in [6.07, 6.45) is 6.55. The largest absolute Gasteiger partial charge is 0.484 e. The number of ether oxygens (including phenoxy) is 1. The van der Waals surface area contributed by atoms with Crippen LogP contribution in [0.2, 0.25) is 0 Å². The van der Waals surface area contributed by atoms with Crippen LogP contribution in [0.15, 0.2) is 24.3 Å². The molecule has 6 rings (SSSR count). The third-order valence-electron chi connectivity index (χ3n) is 8.04. The van der Waals surface area contributed by atoms with Crippen LogP contribution in [0.3, 0.4) is 0 Å². The lowest BCUT2D eigenvalue weighted by Crippen LogP contribution is -2.50. The molecule has 5 saturated carbocycles. The van der Waals surface area contributed by atoms with E-state index in [1.807, 2.05) is 0 Å². The van der Waals surface area contributed by atoms with E-state index >= 15 is 0 Å². The first-order valence-corrected chi connectivity index (χ1v) is 10.8. The zero-order valence-corrected chi connectivity index (χ0v) is 16.8. The maximum atomic E-state index is 13.8. The van der Waals surface area contributed by atoms with Crippen molar-refractivity contribution in [3.05, 3.63) is 29.8 Å². The number of nitrogens with two attached hydrogens (primary N) is 1. The number of Topliss-reactive ketones (excluding diaryl/α,β-unsaturated/α-hetero) is 1. The van der Waals surface area contributed by atoms with Crippen LogP contribution in [0.5, 0.6) is 5.75 Å². The molecule has 2 N–H and O–H groups in total. The Hall–Kier alpha value is -2.86. The van der Waals surface area contributed by atoms with Crippen LogP contribution < -0.4 is 10.5 Å². The maximum Gasteiger partial charge on any atom is 0.255 e. The van der Waals surface area contributed by atoms with Gasteiger partial charge in [0.2, 0.25) is 0 Å². The van der Waals surface area contributed by atoms with Crippen LogP contribution in [-0.4, -0.2) is 18.3 Å². The SMILES string of the molecule is N#CC1(C#N)[C@H](c2ccc(OCC(N)=O)cc2)[C@@H]1C(=O)C12CC3CC(CC(C3)C1)C2. The molecular formula is C24H25N3O3. The molecule has 0 heterocycles. The van der Waals surface area contributed by atoms with Crippen molar-refractivity contribution in [1.29, 1.82) is 10.5 Å². The summed E-state index contributed by atoms with van der Waals surface area (Å²) in [5.74, 6) is 1.04. The summed E-state index contributed by atoms with van der Waals surface area (Å²) >= 11 is 0. The van der Waals surface area contributed by atoms with Gasteiger partial charge in [-0.15, -0.1) is 0 Å². The average molecular weight is 403 g/mol. The van der Waals surface area contributed by atoms with Crippen LogP contribution in [0.25, 0.3) is 0 Å². The van der Waals surface area contributed by atoms with Gasteiger partial charge in [-0.1, -0.05) is 12.1 Å². The lowest BCUT2D eigenvalue weighted by Gasteiger charge is -2.56. The van der Waals surface area contributed by atoms with Gasteiger partial charge in [0.15, 0.2) is 12.0 Å². The highest BCUT2D eigenvalue weighted by atomic mass is 16.5. The monoisotopic (exact) mass is 403 g/mol. The molecule has 0 radical (unpaired) electrons. The average Bonchev–Trinajstić information content (AvgIpc) is 3.40. The fourth-order valence-electron chi connectivity index (χ4n) is 7.17. The summed E-state index contributed by atoms with van der Waals surface area (Å²) in [4.78, 5) is 24.7. The highest BCUT2D eigenvalue weighted by molar-refractivity contribution is 5.94. The molecular weight excluding hydrogens is 378 g/mol. The van der Waals surface area contributed by atoms with Crippen molar-refractivity contribution in [1.82, 2.24) is 0 Å². The van der Waals surface area contributed by atoms with E-state index in [4.69, 9.17) is 10.5 Å². The minimum absolute atomic E-state index is 0.156. The molecule has 6 heteroatoms. The molecule has 4 bridgehead atoms. The van der Waals surface area contributed by atoms with E-state index in [9.17, 15) is 20.1 Å². The number of ketones is 1. The first-order valence-electron chi connectivity index (χ1n) is 10.8. The Kier molecular flexibility index (Phi) is 4.19. The van der Waals surface area contributed by atoms with Crippen molar-refractivity contribution in [2.45, 2.75) is 44.4 Å². The summed E-state index contributed by atoms with van der Waals surface area (Å²) in [5.41, 5.74) is 4.30. The van der Waals surface area contributed by atoms with Gasteiger partial charge in [-0.2, -0.15) is 10.5 Å². The lowest BCUT2D eigenvalue weighted by atomic mass is 9.48. The molecule has 30 heavy (non-hydrogen) atoms. The molecule has 5 aliphatic rings. The van der Waals surface area contributed by atoms with E-state index in [0.717, 1.165) is 24.8 Å². The Morgan fingerprint density at radius 3 is 2.00 bits per heavy atom. The molecule has 5 fully saturated rings. The zero-order chi connectivity index (χ0) is 21.1. The van der Waals surface area contributed by atoms with Gasteiger partial charge in [0, 0.05) is 11.3 Å². The fraction of sp³-hybridized carbons (Fsp3) is 0.583. The number of carbonyl (C=O) groups excluding carboxylic acids is 2. The lowest BCUT2D eigenvalue weighted by molar-refractivity contribution is -0.145. The van der Waals surface area contributed by atoms with Gasteiger partial charge in [-0.3, -0.25) is 9.59 Å². The van der Waals surface area contributed by atoms with Crippen LogP contribution >= 0.6 is 0 Å². The van der Waals surface area contributed by atoms with E-state index < -0.39 is 23.2 Å². The van der Waals surface area contributed by atoms with E-state index in [-0.39, 0.29) is 17.8 Å². The Morgan fingerprint density at radius 1 is 1.00 bits per heavy atom. The van der Waals surface area contributed by atoms with Crippen LogP contribution in [0, 0.1) is 57.2 Å². The summed E-state index contributed by atoms with van der Waals surface area (Å²) in [6.45, 7) is -0.212. The summed E-state index contributed by atoms with van der Waals surface area (Å²) in [6, 6.07) is 11.4. The second-order valence-electron chi connectivity index (χ2n) is 9.93. The van der Waals surface area contributed by atoms with Crippen molar-refractivity contribution in [2.75, 3.05) is 6.61 Å². The number of amides is 1. The number of benzene rings is 1. The Morgan fingerprint density at radius 2 is 1.53 bits per heavy atom. The van der Waals surface area contributed by atoms with E-state index in [2.05, 4.69) is 12.1 Å². The van der Waals surface area contributed by atoms with Gasteiger partial charge in [0.05, 0.1) is 18.1 Å². The molecule has 0 saturated heterocycles. The van der Waals surface area contributed by atoms with Gasteiger partial charge in [-0.05, 0) is 74.0 Å². The zero-order valence-electron chi connectivity index (χ0n) is 16.8. The third kappa shape index (κ3) is 2.74. The second kappa shape index (κ2) is 6.57. The topological polar surface area (TPSA) is 117 Å². The van der Waals surface area contributed by atoms with Gasteiger partial charge in [0.1, 0.15) is 11.5 Å². The van der Waals surface area contributed by atoms with Crippen molar-refractivity contribution < 1.29 is 14.3 Å². The van der Waals surface area contributed by atoms with Gasteiger partial charge >= 0.3 is 0 Å². The van der Waals surface area contributed by atoms with E-state index in [1.54, 1.807) is 24.3 Å². The molecule has 6 nitrogen and oxygen atoms in total. The molecule has 5 aliphatic carbocycles. The van der Waals surface area contributed by atoms with Crippen LogP contribution in [-0.2, 0) is 9.59 Å². The number of nitrogens with zero attached hydrogens (tertiary/aromatic N) is 2. The Balaban J connectivity index is 1.41. The van der Waals surface area contributed by atoms with Gasteiger partial charge in [-0.25, -0.2) is 0 Å². The van der Waals surface area contributed by atoms with Crippen LogP contribution in [0.4, 0.5) is 0 Å². The molecule has 1 aromatic rings. The molecule has 0 aliphatic heterocycles. The predicted molar refractivity (Wildman–Crippen MR) is 107 cm³/mol. The molecule has 0 spiro atoms. The predicted octanol–water partition coefficient (Wildman–Crippen LogP) is 3.08. The summed E-state index contributed by atoms with van der Waals surface area (Å²) < 4.78 is 5.29. The minimum Gasteiger partial charge on any atom is -0.484 e. The highest BCUT2D eigenvalue weighted by Crippen LogP contribution is 2.70. The summed E-state index contributed by atoms with van der Waals surface area (Å²) in [5, 5.41) is 19.8. The second-order valence-corrected chi connectivity index (χ2v) is 9.93. The number of hydrogen-bond donors (Lipinski definition) is 1. The maximum absolute atomic E-state index is 13.8. The quantitative estimate of drug-likeness (QED) is 0.783. The van der Waals surface area contributed by atoms with Gasteiger partial charge in [0.25, 0.3) is 5.91 Å². The molecule has 1 aromatic carbocycles. The first-order chi connectivity index (χ1) is 14.4. The highest BCUT2D eigenvalue weighted by Gasteiger charge is 2.73. The smallest absolute Gasteiger partial charge is 0.255 e. The molecule has 1 amide bonds. The molecule has 0 aromatic heterocycles. The fourth-order valence-corrected chi connectivity index (χ4v) is 7.17. The third-order valence-corrected chi connectivity index (χ3v) is 8.04. The van der Waals surface area contributed by atoms with Crippen molar-refractivity contribution in [2.24, 2.45) is 40.2 Å². The number of nitriles is 2. The van der Waals surface area contributed by atoms with Crippen molar-refractivity contribution in [3.63, 3.8) is 0 Å². The van der Waals surface area contributed by atoms with E-state index in [1.165, 1.54) is 19.3 Å². The standard InChI is InChI=1S/C24H25N3O3/c25-12-24(13-26)20(17-1-3-18(4-2-17)30-11-19(27)28)21(24)22(29)23-8-14-5-15(9-23)7-16(6-14)10-23/h1-4,14-16,20-21H,5-11H2,(H2,27,28)/t14?,15?,16?,20-,21-,23?/m1/s1. The first kappa shape index (κ1) is 19.1. The van der Waals surface area contributed by atoms with Crippen molar-refractivity contribution >= 4 is 11.7 Å². The van der Waals surface area contributed by atoms with Crippen molar-refractivity contribution in [3.8, 4) is 17.9 Å². The number of carbonyl (C=O) groups is 2. The Bertz CT molecular complexity index is 935. The number of hydrogen-bond acceptors (Lipinski definition) is 5. The van der Waals surface area contributed by atoms with Gasteiger partial charge < -0.3 is 10.5 Å². The Labute approximate surface area is 176 Å². The minimum atomic E-state index is -1.28. The van der Waals surface area contributed by atoms with E-state index in [0.29, 0.717) is 23.5 Å². The molecule has 154 valence electrons. The number of rotatable bonds is 6. The molecule has 2 atom stereocenters. The number of primary amides is 1. The summed E-state index contributed by atoms with van der Waals surface area (Å²) in [7, 11) is 0. The molecule has 0 unspecified atom stereocenters. The van der Waals surface area contributed by atoms with Crippen LogP contribution in [0.1, 0.15) is 50.0 Å². The normalized spacial score (nSPS) is 37.1.